The Morgan fingerprint density at radius 1 is 1.28 bits per heavy atom. The molecule has 0 bridgehead atoms. The Bertz CT molecular complexity index is 384. The minimum Gasteiger partial charge on any atom is -0.305 e. The Morgan fingerprint density at radius 3 is 2.28 bits per heavy atom. The molecule has 1 unspecified atom stereocenters. The van der Waals surface area contributed by atoms with E-state index < -0.39 is 0 Å². The SMILES string of the molecule is CSCC(N(C)C)C1(c2ccc(Cl)cc2)CCC1. The zero-order valence-corrected chi connectivity index (χ0v) is 13.0. The summed E-state index contributed by atoms with van der Waals surface area (Å²) in [6.07, 6.45) is 6.15. The molecular formula is C15H22ClNS. The van der Waals surface area contributed by atoms with Crippen LogP contribution in [0.4, 0.5) is 0 Å². The molecule has 1 aromatic rings. The average Bonchev–Trinajstić information content (AvgIpc) is 2.28. The Kier molecular flexibility index (Phi) is 4.63. The molecule has 100 valence electrons. The smallest absolute Gasteiger partial charge is 0.0406 e. The van der Waals surface area contributed by atoms with Crippen molar-refractivity contribution in [2.75, 3.05) is 26.1 Å². The van der Waals surface area contributed by atoms with Gasteiger partial charge in [0.15, 0.2) is 0 Å². The molecule has 1 nitrogen and oxygen atoms in total. The fraction of sp³-hybridized carbons (Fsp3) is 0.600. The van der Waals surface area contributed by atoms with Crippen molar-refractivity contribution in [1.29, 1.82) is 0 Å². The lowest BCUT2D eigenvalue weighted by Crippen LogP contribution is -2.53. The summed E-state index contributed by atoms with van der Waals surface area (Å²) in [4.78, 5) is 2.39. The number of hydrogen-bond donors (Lipinski definition) is 0. The Morgan fingerprint density at radius 2 is 1.89 bits per heavy atom. The molecule has 1 aromatic carbocycles. The van der Waals surface area contributed by atoms with E-state index in [2.05, 4.69) is 37.4 Å². The molecule has 0 aliphatic heterocycles. The first-order valence-corrected chi connectivity index (χ1v) is 8.29. The van der Waals surface area contributed by atoms with Crippen molar-refractivity contribution < 1.29 is 0 Å². The summed E-state index contributed by atoms with van der Waals surface area (Å²) in [6.45, 7) is 0. The summed E-state index contributed by atoms with van der Waals surface area (Å²) >= 11 is 7.96. The molecule has 0 heterocycles. The normalized spacial score (nSPS) is 19.6. The van der Waals surface area contributed by atoms with E-state index in [1.54, 1.807) is 0 Å². The molecule has 1 fully saturated rings. The van der Waals surface area contributed by atoms with E-state index in [1.807, 2.05) is 23.9 Å². The highest BCUT2D eigenvalue weighted by Gasteiger charge is 2.45. The van der Waals surface area contributed by atoms with Gasteiger partial charge in [0, 0.05) is 22.2 Å². The number of nitrogens with zero attached hydrogens (tertiary/aromatic N) is 1. The first-order chi connectivity index (χ1) is 8.60. The molecule has 18 heavy (non-hydrogen) atoms. The van der Waals surface area contributed by atoms with Crippen molar-refractivity contribution in [3.8, 4) is 0 Å². The maximum absolute atomic E-state index is 6.01. The van der Waals surface area contributed by atoms with E-state index in [-0.39, 0.29) is 0 Å². The van der Waals surface area contributed by atoms with Gasteiger partial charge in [-0.15, -0.1) is 0 Å². The molecule has 0 N–H and O–H groups in total. The highest BCUT2D eigenvalue weighted by molar-refractivity contribution is 7.98. The molecule has 0 aromatic heterocycles. The lowest BCUT2D eigenvalue weighted by Gasteiger charge is -2.50. The van der Waals surface area contributed by atoms with Gasteiger partial charge in [-0.05, 0) is 50.9 Å². The standard InChI is InChI=1S/C15H22ClNS/c1-17(2)14(11-18-3)15(9-4-10-15)12-5-7-13(16)8-6-12/h5-8,14H,4,9-11H2,1-3H3. The van der Waals surface area contributed by atoms with Crippen LogP contribution < -0.4 is 0 Å². The number of rotatable bonds is 5. The molecule has 0 amide bonds. The van der Waals surface area contributed by atoms with Gasteiger partial charge in [-0.2, -0.15) is 11.8 Å². The summed E-state index contributed by atoms with van der Waals surface area (Å²) in [6, 6.07) is 9.12. The minimum atomic E-state index is 0.344. The van der Waals surface area contributed by atoms with Gasteiger partial charge in [-0.1, -0.05) is 30.2 Å². The monoisotopic (exact) mass is 283 g/mol. The fourth-order valence-corrected chi connectivity index (χ4v) is 4.17. The van der Waals surface area contributed by atoms with Gasteiger partial charge in [-0.3, -0.25) is 0 Å². The van der Waals surface area contributed by atoms with Crippen LogP contribution in [0.1, 0.15) is 24.8 Å². The number of thioether (sulfide) groups is 1. The van der Waals surface area contributed by atoms with Crippen LogP contribution in [-0.2, 0) is 5.41 Å². The summed E-state index contributed by atoms with van der Waals surface area (Å²) < 4.78 is 0. The predicted molar refractivity (Wildman–Crippen MR) is 82.8 cm³/mol. The molecular weight excluding hydrogens is 262 g/mol. The highest BCUT2D eigenvalue weighted by atomic mass is 35.5. The molecule has 3 heteroatoms. The number of benzene rings is 1. The van der Waals surface area contributed by atoms with Crippen LogP contribution in [0.3, 0.4) is 0 Å². The van der Waals surface area contributed by atoms with E-state index >= 15 is 0 Å². The highest BCUT2D eigenvalue weighted by Crippen LogP contribution is 2.48. The van der Waals surface area contributed by atoms with Crippen LogP contribution in [-0.4, -0.2) is 37.0 Å². The lowest BCUT2D eigenvalue weighted by molar-refractivity contribution is 0.113. The summed E-state index contributed by atoms with van der Waals surface area (Å²) in [5.74, 6) is 1.19. The van der Waals surface area contributed by atoms with Gasteiger partial charge in [-0.25, -0.2) is 0 Å². The first kappa shape index (κ1) is 14.2. The second-order valence-electron chi connectivity index (χ2n) is 5.45. The van der Waals surface area contributed by atoms with Gasteiger partial charge in [0.05, 0.1) is 0 Å². The third kappa shape index (κ3) is 2.56. The van der Waals surface area contributed by atoms with Crippen LogP contribution >= 0.6 is 23.4 Å². The Balaban J connectivity index is 2.31. The Hall–Kier alpha value is -0.180. The summed E-state index contributed by atoms with van der Waals surface area (Å²) in [7, 11) is 4.41. The second kappa shape index (κ2) is 5.85. The largest absolute Gasteiger partial charge is 0.305 e. The first-order valence-electron chi connectivity index (χ1n) is 6.51. The topological polar surface area (TPSA) is 3.24 Å². The van der Waals surface area contributed by atoms with Crippen molar-refractivity contribution in [3.05, 3.63) is 34.9 Å². The van der Waals surface area contributed by atoms with Crippen molar-refractivity contribution in [2.45, 2.75) is 30.7 Å². The molecule has 0 saturated heterocycles. The van der Waals surface area contributed by atoms with Crippen molar-refractivity contribution in [1.82, 2.24) is 4.90 Å². The van der Waals surface area contributed by atoms with Crippen LogP contribution in [0.15, 0.2) is 24.3 Å². The second-order valence-corrected chi connectivity index (χ2v) is 6.80. The third-order valence-corrected chi connectivity index (χ3v) is 5.15. The molecule has 0 radical (unpaired) electrons. The molecule has 1 aliphatic rings. The van der Waals surface area contributed by atoms with E-state index in [0.717, 1.165) is 5.02 Å². The van der Waals surface area contributed by atoms with Gasteiger partial charge in [0.2, 0.25) is 0 Å². The van der Waals surface area contributed by atoms with Gasteiger partial charge >= 0.3 is 0 Å². The van der Waals surface area contributed by atoms with Crippen molar-refractivity contribution >= 4 is 23.4 Å². The van der Waals surface area contributed by atoms with E-state index in [4.69, 9.17) is 11.6 Å². The Labute approximate surface area is 120 Å². The summed E-state index contributed by atoms with van der Waals surface area (Å²) in [5.41, 5.74) is 1.81. The molecule has 2 rings (SSSR count). The zero-order valence-electron chi connectivity index (χ0n) is 11.4. The van der Waals surface area contributed by atoms with Crippen LogP contribution in [0, 0.1) is 0 Å². The minimum absolute atomic E-state index is 0.344. The number of halogens is 1. The average molecular weight is 284 g/mol. The van der Waals surface area contributed by atoms with E-state index in [0.29, 0.717) is 11.5 Å². The van der Waals surface area contributed by atoms with E-state index in [1.165, 1.54) is 30.6 Å². The zero-order chi connectivity index (χ0) is 13.2. The van der Waals surface area contributed by atoms with Crippen LogP contribution in [0.5, 0.6) is 0 Å². The van der Waals surface area contributed by atoms with Crippen LogP contribution in [0.25, 0.3) is 0 Å². The molecule has 0 spiro atoms. The van der Waals surface area contributed by atoms with E-state index in [9.17, 15) is 0 Å². The van der Waals surface area contributed by atoms with Crippen molar-refractivity contribution in [2.24, 2.45) is 0 Å². The van der Waals surface area contributed by atoms with Gasteiger partial charge in [0.1, 0.15) is 0 Å². The van der Waals surface area contributed by atoms with Gasteiger partial charge in [0.25, 0.3) is 0 Å². The summed E-state index contributed by atoms with van der Waals surface area (Å²) in [5, 5.41) is 0.833. The number of likely N-dealkylation sites (N-methyl/N-ethyl adjacent to an activating group) is 1. The van der Waals surface area contributed by atoms with Crippen molar-refractivity contribution in [3.63, 3.8) is 0 Å². The predicted octanol–water partition coefficient (Wildman–Crippen LogP) is 4.05. The molecule has 1 atom stereocenters. The van der Waals surface area contributed by atoms with Crippen LogP contribution in [0.2, 0.25) is 5.02 Å². The quantitative estimate of drug-likeness (QED) is 0.802. The third-order valence-electron chi connectivity index (χ3n) is 4.25. The maximum atomic E-state index is 6.01. The molecule has 1 aliphatic carbocycles. The van der Waals surface area contributed by atoms with Gasteiger partial charge < -0.3 is 4.90 Å². The maximum Gasteiger partial charge on any atom is 0.0406 e. The number of hydrogen-bond acceptors (Lipinski definition) is 2. The molecule has 1 saturated carbocycles. The lowest BCUT2D eigenvalue weighted by atomic mass is 9.60. The fourth-order valence-electron chi connectivity index (χ4n) is 3.11.